The second-order valence-electron chi connectivity index (χ2n) is 7.33. The fourth-order valence-electron chi connectivity index (χ4n) is 3.93. The number of aromatic nitrogens is 2. The zero-order valence-electron chi connectivity index (χ0n) is 15.8. The van der Waals surface area contributed by atoms with Crippen LogP contribution < -0.4 is 4.90 Å². The van der Waals surface area contributed by atoms with Gasteiger partial charge in [0.15, 0.2) is 0 Å². The third-order valence-corrected chi connectivity index (χ3v) is 7.53. The van der Waals surface area contributed by atoms with E-state index in [1.807, 2.05) is 25.4 Å². The van der Waals surface area contributed by atoms with E-state index >= 15 is 0 Å². The van der Waals surface area contributed by atoms with Gasteiger partial charge in [0.1, 0.15) is 11.5 Å². The highest BCUT2D eigenvalue weighted by molar-refractivity contribution is 7.89. The van der Waals surface area contributed by atoms with Crippen LogP contribution in [0.15, 0.2) is 53.7 Å². The molecule has 0 radical (unpaired) electrons. The molecule has 1 aliphatic rings. The number of sulfonamides is 1. The number of rotatable bonds is 4. The van der Waals surface area contributed by atoms with Crippen LogP contribution in [0.3, 0.4) is 0 Å². The molecule has 1 aliphatic heterocycles. The topological polar surface area (TPSA) is 69.3 Å². The van der Waals surface area contributed by atoms with E-state index in [9.17, 15) is 12.8 Å². The van der Waals surface area contributed by atoms with E-state index < -0.39 is 15.8 Å². The van der Waals surface area contributed by atoms with E-state index in [4.69, 9.17) is 0 Å². The highest BCUT2D eigenvalue weighted by Gasteiger charge is 2.36. The highest BCUT2D eigenvalue weighted by Crippen LogP contribution is 2.32. The van der Waals surface area contributed by atoms with Crippen LogP contribution in [-0.2, 0) is 10.0 Å². The lowest BCUT2D eigenvalue weighted by molar-refractivity contribution is 0.248. The molecule has 0 amide bonds. The first-order valence-corrected chi connectivity index (χ1v) is 10.7. The zero-order valence-corrected chi connectivity index (χ0v) is 16.7. The van der Waals surface area contributed by atoms with Gasteiger partial charge in [0.05, 0.1) is 4.90 Å². The summed E-state index contributed by atoms with van der Waals surface area (Å²) in [5.74, 6) is -0.121. The number of halogens is 1. The Morgan fingerprint density at radius 2 is 1.96 bits per heavy atom. The minimum atomic E-state index is -3.66. The number of nitrogens with zero attached hydrogens (tertiary/aromatic N) is 3. The second kappa shape index (κ2) is 7.18. The molecule has 3 aromatic rings. The van der Waals surface area contributed by atoms with Crippen molar-refractivity contribution in [1.82, 2.24) is 14.3 Å². The van der Waals surface area contributed by atoms with Crippen LogP contribution in [-0.4, -0.2) is 48.9 Å². The Hall–Kier alpha value is -2.45. The summed E-state index contributed by atoms with van der Waals surface area (Å²) in [6.45, 7) is 2.99. The number of nitrogens with one attached hydrogen (secondary N) is 1. The predicted molar refractivity (Wildman–Crippen MR) is 107 cm³/mol. The summed E-state index contributed by atoms with van der Waals surface area (Å²) in [7, 11) is -1.66. The van der Waals surface area contributed by atoms with Gasteiger partial charge in [0.25, 0.3) is 0 Å². The second-order valence-corrected chi connectivity index (χ2v) is 9.27. The molecule has 6 nitrogen and oxygen atoms in total. The van der Waals surface area contributed by atoms with E-state index in [0.29, 0.717) is 19.0 Å². The van der Waals surface area contributed by atoms with E-state index in [0.717, 1.165) is 23.1 Å². The summed E-state index contributed by atoms with van der Waals surface area (Å²) in [5, 5.41) is 1.01. The molecule has 28 heavy (non-hydrogen) atoms. The first-order chi connectivity index (χ1) is 13.4. The van der Waals surface area contributed by atoms with Crippen LogP contribution in [0, 0.1) is 11.7 Å². The Morgan fingerprint density at radius 3 is 2.71 bits per heavy atom. The Kier molecular flexibility index (Phi) is 4.84. The normalized spacial score (nSPS) is 21.1. The number of piperidine rings is 1. The number of H-pyrrole nitrogens is 1. The third-order valence-electron chi connectivity index (χ3n) is 5.65. The monoisotopic (exact) mass is 402 g/mol. The summed E-state index contributed by atoms with van der Waals surface area (Å²) in [6, 6.07) is 8.97. The quantitative estimate of drug-likeness (QED) is 0.727. The molecule has 0 bridgehead atoms. The Labute approximate surface area is 164 Å². The number of hydrogen-bond acceptors (Lipinski definition) is 4. The predicted octanol–water partition coefficient (Wildman–Crippen LogP) is 3.24. The van der Waals surface area contributed by atoms with Crippen molar-refractivity contribution in [2.24, 2.45) is 5.92 Å². The van der Waals surface area contributed by atoms with Gasteiger partial charge in [0.2, 0.25) is 10.0 Å². The molecule has 4 rings (SSSR count). The van der Waals surface area contributed by atoms with Crippen LogP contribution >= 0.6 is 0 Å². The summed E-state index contributed by atoms with van der Waals surface area (Å²) < 4.78 is 40.8. The molecule has 148 valence electrons. The Morgan fingerprint density at radius 1 is 1.21 bits per heavy atom. The molecule has 3 heterocycles. The molecule has 1 fully saturated rings. The smallest absolute Gasteiger partial charge is 0.243 e. The van der Waals surface area contributed by atoms with Gasteiger partial charge in [-0.25, -0.2) is 17.8 Å². The van der Waals surface area contributed by atoms with E-state index in [1.54, 1.807) is 6.20 Å². The lowest BCUT2D eigenvalue weighted by Gasteiger charge is -2.42. The van der Waals surface area contributed by atoms with Crippen LogP contribution in [0.5, 0.6) is 0 Å². The molecule has 0 saturated carbocycles. The molecule has 1 saturated heterocycles. The fourth-order valence-corrected chi connectivity index (χ4v) is 5.40. The van der Waals surface area contributed by atoms with Gasteiger partial charge in [-0.05, 0) is 48.7 Å². The van der Waals surface area contributed by atoms with E-state index in [-0.39, 0.29) is 10.9 Å². The minimum absolute atomic E-state index is 0.0180. The first-order valence-electron chi connectivity index (χ1n) is 9.28. The van der Waals surface area contributed by atoms with Crippen molar-refractivity contribution in [3.8, 4) is 0 Å². The van der Waals surface area contributed by atoms with Gasteiger partial charge in [-0.15, -0.1) is 0 Å². The number of aromatic amines is 1. The summed E-state index contributed by atoms with van der Waals surface area (Å²) in [4.78, 5) is 9.72. The van der Waals surface area contributed by atoms with Crippen LogP contribution in [0.1, 0.15) is 13.3 Å². The molecule has 1 N–H and O–H groups in total. The maximum Gasteiger partial charge on any atom is 0.243 e. The van der Waals surface area contributed by atoms with Gasteiger partial charge in [-0.3, -0.25) is 0 Å². The van der Waals surface area contributed by atoms with Crippen LogP contribution in [0.2, 0.25) is 0 Å². The summed E-state index contributed by atoms with van der Waals surface area (Å²) >= 11 is 0. The molecule has 0 unspecified atom stereocenters. The Balaban J connectivity index is 1.63. The van der Waals surface area contributed by atoms with Gasteiger partial charge in [-0.2, -0.15) is 4.31 Å². The van der Waals surface area contributed by atoms with Gasteiger partial charge in [0, 0.05) is 49.6 Å². The lowest BCUT2D eigenvalue weighted by Crippen LogP contribution is -2.52. The number of benzene rings is 1. The van der Waals surface area contributed by atoms with Crippen molar-refractivity contribution in [3.63, 3.8) is 0 Å². The molecular weight excluding hydrogens is 379 g/mol. The maximum absolute atomic E-state index is 13.2. The van der Waals surface area contributed by atoms with Crippen molar-refractivity contribution in [2.75, 3.05) is 25.0 Å². The van der Waals surface area contributed by atoms with Crippen molar-refractivity contribution in [2.45, 2.75) is 24.3 Å². The van der Waals surface area contributed by atoms with Gasteiger partial charge in [-0.1, -0.05) is 6.92 Å². The maximum atomic E-state index is 13.2. The number of hydrogen-bond donors (Lipinski definition) is 1. The van der Waals surface area contributed by atoms with Gasteiger partial charge >= 0.3 is 0 Å². The largest absolute Gasteiger partial charge is 0.369 e. The first kappa shape index (κ1) is 18.9. The number of fused-ring (bicyclic) bond motifs is 1. The van der Waals surface area contributed by atoms with E-state index in [2.05, 4.69) is 21.8 Å². The van der Waals surface area contributed by atoms with Crippen molar-refractivity contribution in [1.29, 1.82) is 0 Å². The standard InChI is InChI=1S/C20H23FN4O2S/c1-14-9-12-25(28(26,27)16-5-3-15(21)4-6-16)13-19(14)24(2)18-8-11-23-20-17(18)7-10-22-20/h3-8,10-11,14,19H,9,12-13H2,1-2H3,(H,22,23)/t14-,19+/m1/s1. The summed E-state index contributed by atoms with van der Waals surface area (Å²) in [5.41, 5.74) is 1.83. The SMILES string of the molecule is C[C@@H]1CCN(S(=O)(=O)c2ccc(F)cc2)C[C@@H]1N(C)c1ccnc2[nH]ccc12. The molecule has 0 aliphatic carbocycles. The average molecular weight is 402 g/mol. The van der Waals surface area contributed by atoms with E-state index in [1.165, 1.54) is 28.6 Å². The molecule has 2 aromatic heterocycles. The van der Waals surface area contributed by atoms with Crippen molar-refractivity contribution >= 4 is 26.7 Å². The lowest BCUT2D eigenvalue weighted by atomic mass is 9.93. The minimum Gasteiger partial charge on any atom is -0.369 e. The van der Waals surface area contributed by atoms with Crippen LogP contribution in [0.25, 0.3) is 11.0 Å². The highest BCUT2D eigenvalue weighted by atomic mass is 32.2. The van der Waals surface area contributed by atoms with Gasteiger partial charge < -0.3 is 9.88 Å². The molecular formula is C20H23FN4O2S. The fraction of sp³-hybridized carbons (Fsp3) is 0.350. The third kappa shape index (κ3) is 3.27. The number of anilines is 1. The summed E-state index contributed by atoms with van der Waals surface area (Å²) in [6.07, 6.45) is 4.37. The Bertz CT molecular complexity index is 1080. The van der Waals surface area contributed by atoms with Crippen molar-refractivity contribution < 1.29 is 12.8 Å². The molecule has 2 atom stereocenters. The molecule has 0 spiro atoms. The number of pyridine rings is 1. The number of likely N-dealkylation sites (N-methyl/N-ethyl adjacent to an activating group) is 1. The van der Waals surface area contributed by atoms with Crippen molar-refractivity contribution in [3.05, 3.63) is 54.6 Å². The van der Waals surface area contributed by atoms with Crippen LogP contribution in [0.4, 0.5) is 10.1 Å². The zero-order chi connectivity index (χ0) is 19.9. The average Bonchev–Trinajstić information content (AvgIpc) is 3.17. The molecule has 1 aromatic carbocycles. The molecule has 8 heteroatoms.